The Morgan fingerprint density at radius 2 is 1.09 bits per heavy atom. The SMILES string of the molecule is C1CCC2=C(CC1)SC(=C1SC3=C(CCCCC3)S1)S2.[2H]B(O)[B][3H]. The van der Waals surface area contributed by atoms with Crippen LogP contribution in [-0.4, -0.2) is 22.7 Å². The highest BCUT2D eigenvalue weighted by Gasteiger charge is 2.30. The average Bonchev–Trinajstić information content (AvgIpc) is 3.05. The van der Waals surface area contributed by atoms with Crippen molar-refractivity contribution >= 4 is 62.1 Å². The third-order valence-corrected chi connectivity index (χ3v) is 10.4. The number of rotatable bonds is 1. The molecule has 0 spiro atoms. The van der Waals surface area contributed by atoms with Gasteiger partial charge in [0.25, 0.3) is 0 Å². The quantitative estimate of drug-likeness (QED) is 0.595. The van der Waals surface area contributed by atoms with Crippen LogP contribution in [0.25, 0.3) is 0 Å². The van der Waals surface area contributed by atoms with Gasteiger partial charge in [-0.25, -0.2) is 0 Å². The maximum atomic E-state index is 7.78. The first-order valence-corrected chi connectivity index (χ1v) is 11.7. The molecule has 0 aromatic heterocycles. The predicted octanol–water partition coefficient (Wildman–Crippen LogP) is 5.57. The van der Waals surface area contributed by atoms with Crippen LogP contribution in [0.5, 0.6) is 0 Å². The highest BCUT2D eigenvalue weighted by molar-refractivity contribution is 8.34. The average molecular weight is 384 g/mol. The van der Waals surface area contributed by atoms with Gasteiger partial charge in [-0.05, 0) is 52.7 Å². The molecule has 0 saturated heterocycles. The minimum absolute atomic E-state index is 0.639. The van der Waals surface area contributed by atoms with E-state index >= 15 is 0 Å². The molecule has 0 bridgehead atoms. The maximum Gasteiger partial charge on any atom is 0.221 e. The fourth-order valence-corrected chi connectivity index (χ4v) is 9.26. The Balaban J connectivity index is 0.000000324. The van der Waals surface area contributed by atoms with Crippen LogP contribution in [0, 0.1) is 0 Å². The van der Waals surface area contributed by atoms with E-state index in [1.807, 2.05) is 0 Å². The van der Waals surface area contributed by atoms with E-state index in [9.17, 15) is 0 Å². The van der Waals surface area contributed by atoms with Crippen LogP contribution in [0.2, 0.25) is 0 Å². The van der Waals surface area contributed by atoms with E-state index in [-0.39, 0.29) is 0 Å². The summed E-state index contributed by atoms with van der Waals surface area (Å²) in [5.74, 6) is 0. The first kappa shape index (κ1) is 15.9. The second-order valence-electron chi connectivity index (χ2n) is 5.95. The van der Waals surface area contributed by atoms with Crippen LogP contribution in [0.15, 0.2) is 28.1 Å². The van der Waals surface area contributed by atoms with E-state index in [0.29, 0.717) is 7.70 Å². The fraction of sp³-hybridized carbons (Fsp3) is 0.625. The van der Waals surface area contributed by atoms with Gasteiger partial charge in [0.05, 0.1) is 16.2 Å². The molecule has 0 aromatic rings. The fourth-order valence-electron chi connectivity index (χ4n) is 3.14. The number of hydrogen-bond donors (Lipinski definition) is 1. The molecular formula is C16H23B2OS4. The molecule has 0 atom stereocenters. The molecule has 4 rings (SSSR count). The summed E-state index contributed by atoms with van der Waals surface area (Å²) in [5, 5.41) is 7.78. The van der Waals surface area contributed by atoms with Crippen molar-refractivity contribution in [2.45, 2.75) is 64.2 Å². The third kappa shape index (κ3) is 4.87. The van der Waals surface area contributed by atoms with Crippen molar-refractivity contribution in [1.29, 1.82) is 2.67 Å². The molecule has 0 fully saturated rings. The molecule has 2 aliphatic carbocycles. The smallest absolute Gasteiger partial charge is 0.221 e. The summed E-state index contributed by atoms with van der Waals surface area (Å²) >= 11 is 8.44. The molecule has 0 unspecified atom stereocenters. The molecule has 4 aliphatic rings. The Kier molecular flexibility index (Phi) is 6.52. The minimum atomic E-state index is -1.32. The maximum absolute atomic E-state index is 7.78. The van der Waals surface area contributed by atoms with E-state index in [1.54, 1.807) is 28.1 Å². The van der Waals surface area contributed by atoms with E-state index in [2.05, 4.69) is 47.0 Å². The van der Waals surface area contributed by atoms with Crippen LogP contribution < -0.4 is 0 Å². The number of hydrogen-bond acceptors (Lipinski definition) is 5. The second-order valence-corrected chi connectivity index (χ2v) is 10.9. The van der Waals surface area contributed by atoms with Gasteiger partial charge >= 0.3 is 0 Å². The molecule has 123 valence electrons. The standard InChI is InChI=1S/C16H20S4.B2H3O/c1-3-7-11-12(8-4-1)18-15(17-11)16-19-13-9-5-2-6-10-14(13)20-16;1-2-3/h1-10H2;1-3H/i;1T,2D. The highest BCUT2D eigenvalue weighted by atomic mass is 32.2. The van der Waals surface area contributed by atoms with Crippen molar-refractivity contribution in [2.75, 3.05) is 0 Å². The Labute approximate surface area is 161 Å². The van der Waals surface area contributed by atoms with Gasteiger partial charge in [-0.1, -0.05) is 59.9 Å². The third-order valence-electron chi connectivity index (χ3n) is 4.27. The van der Waals surface area contributed by atoms with Crippen LogP contribution in [0.3, 0.4) is 0 Å². The van der Waals surface area contributed by atoms with Crippen LogP contribution in [0.4, 0.5) is 0 Å². The largest absolute Gasteiger partial charge is 0.464 e. The Hall–Kier alpha value is 0.710. The Bertz CT molecular complexity index is 507. The summed E-state index contributed by atoms with van der Waals surface area (Å²) in [5.41, 5.74) is 0. The molecular weight excluding hydrogens is 358 g/mol. The molecule has 1 N–H and O–H groups in total. The van der Waals surface area contributed by atoms with Crippen molar-refractivity contribution in [3.05, 3.63) is 28.1 Å². The molecule has 0 amide bonds. The van der Waals surface area contributed by atoms with Gasteiger partial charge in [0.2, 0.25) is 7.34 Å². The van der Waals surface area contributed by atoms with Gasteiger partial charge in [0.15, 0.2) is 0 Å². The topological polar surface area (TPSA) is 20.2 Å². The van der Waals surface area contributed by atoms with Crippen molar-refractivity contribution in [3.63, 3.8) is 0 Å². The number of allylic oxidation sites excluding steroid dienone is 4. The van der Waals surface area contributed by atoms with E-state index in [0.717, 1.165) is 0 Å². The molecule has 2 aliphatic heterocycles. The first-order valence-electron chi connectivity index (χ1n) is 9.54. The molecule has 23 heavy (non-hydrogen) atoms. The summed E-state index contributed by atoms with van der Waals surface area (Å²) in [6.45, 7) is 0. The van der Waals surface area contributed by atoms with Gasteiger partial charge < -0.3 is 5.02 Å². The lowest BCUT2D eigenvalue weighted by molar-refractivity contribution is 0.621. The summed E-state index contributed by atoms with van der Waals surface area (Å²) < 4.78 is 15.5. The van der Waals surface area contributed by atoms with E-state index in [1.165, 1.54) is 64.2 Å². The number of thioether (sulfide) groups is 4. The Morgan fingerprint density at radius 3 is 1.35 bits per heavy atom. The van der Waals surface area contributed by atoms with Crippen molar-refractivity contribution in [3.8, 4) is 0 Å². The zero-order chi connectivity index (χ0) is 17.6. The van der Waals surface area contributed by atoms with Crippen molar-refractivity contribution in [1.82, 2.24) is 0 Å². The zero-order valence-electron chi connectivity index (χ0n) is 15.3. The van der Waals surface area contributed by atoms with Gasteiger partial charge in [-0.2, -0.15) is 0 Å². The molecule has 0 aromatic carbocycles. The molecule has 7 heteroatoms. The lowest BCUT2D eigenvalue weighted by atomic mass is 9.73. The molecule has 2 heterocycles. The van der Waals surface area contributed by atoms with Gasteiger partial charge in [0, 0.05) is 21.0 Å². The summed E-state index contributed by atoms with van der Waals surface area (Å²) in [6.07, 6.45) is 13.8. The second kappa shape index (κ2) is 9.42. The van der Waals surface area contributed by atoms with Crippen molar-refractivity contribution in [2.24, 2.45) is 0 Å². The lowest BCUT2D eigenvalue weighted by Crippen LogP contribution is -1.77. The lowest BCUT2D eigenvalue weighted by Gasteiger charge is -2.05. The van der Waals surface area contributed by atoms with E-state index in [4.69, 9.17) is 7.70 Å². The molecule has 1 nitrogen and oxygen atoms in total. The summed E-state index contributed by atoms with van der Waals surface area (Å²) in [4.78, 5) is 6.83. The van der Waals surface area contributed by atoms with Crippen LogP contribution in [-0.2, 0) is 0 Å². The van der Waals surface area contributed by atoms with Crippen molar-refractivity contribution < 1.29 is 5.02 Å². The van der Waals surface area contributed by atoms with Gasteiger partial charge in [-0.3, -0.25) is 0 Å². The van der Waals surface area contributed by atoms with Gasteiger partial charge in [-0.15, -0.1) is 0 Å². The van der Waals surface area contributed by atoms with Crippen LogP contribution >= 0.6 is 47.0 Å². The Morgan fingerprint density at radius 1 is 0.783 bits per heavy atom. The minimum Gasteiger partial charge on any atom is -0.464 e. The first-order chi connectivity index (χ1) is 12.2. The predicted molar refractivity (Wildman–Crippen MR) is 114 cm³/mol. The zero-order valence-corrected chi connectivity index (χ0v) is 16.6. The van der Waals surface area contributed by atoms with Crippen LogP contribution in [0.1, 0.15) is 64.2 Å². The summed E-state index contributed by atoms with van der Waals surface area (Å²) in [6, 6.07) is 0. The molecule has 1 radical (unpaired) electrons. The van der Waals surface area contributed by atoms with E-state index < -0.39 is 7.34 Å². The molecule has 0 saturated carbocycles. The highest BCUT2D eigenvalue weighted by Crippen LogP contribution is 2.63. The monoisotopic (exact) mass is 384 g/mol. The normalized spacial score (nSPS) is 25.6. The summed E-state index contributed by atoms with van der Waals surface area (Å²) in [7, 11) is -0.685. The van der Waals surface area contributed by atoms with Gasteiger partial charge in [0.1, 0.15) is 0 Å².